The van der Waals surface area contributed by atoms with Gasteiger partial charge >= 0.3 is 0 Å². The van der Waals surface area contributed by atoms with Gasteiger partial charge < -0.3 is 4.74 Å². The Kier molecular flexibility index (Phi) is 5.33. The van der Waals surface area contributed by atoms with Gasteiger partial charge in [-0.1, -0.05) is 48.5 Å². The van der Waals surface area contributed by atoms with Crippen LogP contribution in [0.5, 0.6) is 5.75 Å². The van der Waals surface area contributed by atoms with E-state index in [-0.39, 0.29) is 0 Å². The van der Waals surface area contributed by atoms with Crippen molar-refractivity contribution in [2.24, 2.45) is 4.99 Å². The second-order valence-corrected chi connectivity index (χ2v) is 4.91. The number of aryl methyl sites for hydroxylation is 1. The lowest BCUT2D eigenvalue weighted by Crippen LogP contribution is -2.03. The molecule has 2 aromatic rings. The van der Waals surface area contributed by atoms with Crippen LogP contribution in [0, 0.1) is 6.92 Å². The maximum absolute atomic E-state index is 5.90. The summed E-state index contributed by atoms with van der Waals surface area (Å²) in [4.78, 5) is 4.23. The maximum atomic E-state index is 5.90. The quantitative estimate of drug-likeness (QED) is 0.704. The number of nitrogens with zero attached hydrogens (tertiary/aromatic N) is 1. The fourth-order valence-corrected chi connectivity index (χ4v) is 2.09. The normalized spacial score (nSPS) is 10.8. The van der Waals surface area contributed by atoms with Crippen LogP contribution in [0.1, 0.15) is 23.6 Å². The molecule has 0 saturated heterocycles. The molecule has 0 aromatic heterocycles. The third-order valence-corrected chi connectivity index (χ3v) is 3.25. The number of rotatable bonds is 6. The Balaban J connectivity index is 2.00. The monoisotopic (exact) mass is 279 g/mol. The van der Waals surface area contributed by atoms with Crippen molar-refractivity contribution in [3.8, 4) is 5.75 Å². The molecule has 0 amide bonds. The zero-order valence-electron chi connectivity index (χ0n) is 12.7. The van der Waals surface area contributed by atoms with Gasteiger partial charge in [0.25, 0.3) is 0 Å². The standard InChI is InChI=1S/C19H21NO/c1-4-20-16(3)18-7-5-6-8-19(18)21-14-13-17-11-9-15(2)10-12-17/h4-12H,3,13-14H2,1-2H3. The predicted molar refractivity (Wildman–Crippen MR) is 90.0 cm³/mol. The van der Waals surface area contributed by atoms with Gasteiger partial charge in [-0.3, -0.25) is 4.99 Å². The first-order chi connectivity index (χ1) is 10.2. The summed E-state index contributed by atoms with van der Waals surface area (Å²) in [7, 11) is 0. The molecule has 21 heavy (non-hydrogen) atoms. The largest absolute Gasteiger partial charge is 0.493 e. The third kappa shape index (κ3) is 4.32. The third-order valence-electron chi connectivity index (χ3n) is 3.25. The summed E-state index contributed by atoms with van der Waals surface area (Å²) in [5.41, 5.74) is 4.23. The molecule has 0 bridgehead atoms. The van der Waals surface area contributed by atoms with Gasteiger partial charge in [0.05, 0.1) is 12.3 Å². The topological polar surface area (TPSA) is 21.6 Å². The average Bonchev–Trinajstić information content (AvgIpc) is 2.50. The molecule has 2 nitrogen and oxygen atoms in total. The van der Waals surface area contributed by atoms with E-state index >= 15 is 0 Å². The van der Waals surface area contributed by atoms with E-state index in [4.69, 9.17) is 4.74 Å². The Bertz CT molecular complexity index is 626. The average molecular weight is 279 g/mol. The van der Waals surface area contributed by atoms with Gasteiger partial charge in [0.2, 0.25) is 0 Å². The van der Waals surface area contributed by atoms with Crippen molar-refractivity contribution < 1.29 is 4.74 Å². The highest BCUT2D eigenvalue weighted by molar-refractivity contribution is 5.74. The van der Waals surface area contributed by atoms with E-state index in [0.29, 0.717) is 6.61 Å². The van der Waals surface area contributed by atoms with Crippen LogP contribution in [0.4, 0.5) is 0 Å². The minimum atomic E-state index is 0.642. The summed E-state index contributed by atoms with van der Waals surface area (Å²) in [5.74, 6) is 0.834. The van der Waals surface area contributed by atoms with E-state index in [2.05, 4.69) is 42.8 Å². The Morgan fingerprint density at radius 1 is 1.14 bits per heavy atom. The molecule has 0 aliphatic rings. The summed E-state index contributed by atoms with van der Waals surface area (Å²) in [5, 5.41) is 0. The number of para-hydroxylation sites is 1. The minimum absolute atomic E-state index is 0.642. The van der Waals surface area contributed by atoms with E-state index in [1.165, 1.54) is 11.1 Å². The van der Waals surface area contributed by atoms with Crippen molar-refractivity contribution in [2.45, 2.75) is 20.3 Å². The fourth-order valence-electron chi connectivity index (χ4n) is 2.09. The van der Waals surface area contributed by atoms with Gasteiger partial charge in [-0.05, 0) is 31.5 Å². The Labute approximate surface area is 126 Å². The molecular formula is C19H21NO. The highest BCUT2D eigenvalue weighted by Gasteiger charge is 2.05. The van der Waals surface area contributed by atoms with Crippen LogP contribution in [-0.2, 0) is 6.42 Å². The van der Waals surface area contributed by atoms with Crippen molar-refractivity contribution in [2.75, 3.05) is 6.61 Å². The van der Waals surface area contributed by atoms with Gasteiger partial charge in [0, 0.05) is 18.2 Å². The van der Waals surface area contributed by atoms with Crippen molar-refractivity contribution in [3.05, 3.63) is 71.8 Å². The van der Waals surface area contributed by atoms with Gasteiger partial charge in [0.1, 0.15) is 5.75 Å². The van der Waals surface area contributed by atoms with Gasteiger partial charge in [-0.15, -0.1) is 0 Å². The molecule has 0 aliphatic heterocycles. The van der Waals surface area contributed by atoms with E-state index in [0.717, 1.165) is 23.4 Å². The van der Waals surface area contributed by atoms with Gasteiger partial charge in [0.15, 0.2) is 0 Å². The lowest BCUT2D eigenvalue weighted by molar-refractivity contribution is 0.321. The molecule has 0 saturated carbocycles. The first kappa shape index (κ1) is 15.0. The number of benzene rings is 2. The Morgan fingerprint density at radius 2 is 1.86 bits per heavy atom. The Hall–Kier alpha value is -2.35. The van der Waals surface area contributed by atoms with E-state index in [9.17, 15) is 0 Å². The molecule has 2 rings (SSSR count). The molecule has 0 N–H and O–H groups in total. The lowest BCUT2D eigenvalue weighted by atomic mass is 10.1. The molecule has 0 heterocycles. The molecule has 0 radical (unpaired) electrons. The van der Waals surface area contributed by atoms with Crippen LogP contribution in [0.2, 0.25) is 0 Å². The van der Waals surface area contributed by atoms with Crippen molar-refractivity contribution in [3.63, 3.8) is 0 Å². The summed E-state index contributed by atoms with van der Waals surface area (Å²) in [6.07, 6.45) is 2.63. The zero-order valence-corrected chi connectivity index (χ0v) is 12.7. The predicted octanol–water partition coefficient (Wildman–Crippen LogP) is 4.68. The van der Waals surface area contributed by atoms with Crippen LogP contribution in [0.15, 0.2) is 60.1 Å². The summed E-state index contributed by atoms with van der Waals surface area (Å²) >= 11 is 0. The van der Waals surface area contributed by atoms with E-state index in [1.54, 1.807) is 6.21 Å². The molecule has 0 fully saturated rings. The number of aliphatic imine (C=N–C) groups is 1. The number of hydrogen-bond donors (Lipinski definition) is 0. The zero-order chi connectivity index (χ0) is 15.1. The van der Waals surface area contributed by atoms with Crippen molar-refractivity contribution >= 4 is 11.9 Å². The summed E-state index contributed by atoms with van der Waals surface area (Å²) < 4.78 is 5.90. The second kappa shape index (κ2) is 7.44. The molecule has 0 aliphatic carbocycles. The first-order valence-electron chi connectivity index (χ1n) is 7.16. The van der Waals surface area contributed by atoms with Crippen molar-refractivity contribution in [1.29, 1.82) is 0 Å². The smallest absolute Gasteiger partial charge is 0.128 e. The molecule has 0 unspecified atom stereocenters. The van der Waals surface area contributed by atoms with Gasteiger partial charge in [-0.25, -0.2) is 0 Å². The SMILES string of the molecule is C=C(N=CC)c1ccccc1OCCc1ccc(C)cc1. The highest BCUT2D eigenvalue weighted by atomic mass is 16.5. The molecule has 0 spiro atoms. The Morgan fingerprint density at radius 3 is 2.57 bits per heavy atom. The molecular weight excluding hydrogens is 258 g/mol. The molecule has 0 atom stereocenters. The lowest BCUT2D eigenvalue weighted by Gasteiger charge is -2.11. The summed E-state index contributed by atoms with van der Waals surface area (Å²) in [6.45, 7) is 8.59. The maximum Gasteiger partial charge on any atom is 0.128 e. The van der Waals surface area contributed by atoms with Crippen LogP contribution >= 0.6 is 0 Å². The van der Waals surface area contributed by atoms with Gasteiger partial charge in [-0.2, -0.15) is 0 Å². The van der Waals surface area contributed by atoms with Crippen LogP contribution in [-0.4, -0.2) is 12.8 Å². The van der Waals surface area contributed by atoms with Crippen LogP contribution in [0.3, 0.4) is 0 Å². The second-order valence-electron chi connectivity index (χ2n) is 4.91. The molecule has 2 heteroatoms. The number of hydrogen-bond acceptors (Lipinski definition) is 2. The molecule has 2 aromatic carbocycles. The molecule has 108 valence electrons. The fraction of sp³-hybridized carbons (Fsp3) is 0.211. The number of ether oxygens (including phenoxy) is 1. The summed E-state index contributed by atoms with van der Waals surface area (Å²) in [6, 6.07) is 16.4. The van der Waals surface area contributed by atoms with E-state index in [1.807, 2.05) is 31.2 Å². The van der Waals surface area contributed by atoms with E-state index < -0.39 is 0 Å². The van der Waals surface area contributed by atoms with Crippen LogP contribution in [0.25, 0.3) is 5.70 Å². The minimum Gasteiger partial charge on any atom is -0.493 e. The van der Waals surface area contributed by atoms with Crippen LogP contribution < -0.4 is 4.74 Å². The van der Waals surface area contributed by atoms with Crippen molar-refractivity contribution in [1.82, 2.24) is 0 Å². The highest BCUT2D eigenvalue weighted by Crippen LogP contribution is 2.25. The first-order valence-corrected chi connectivity index (χ1v) is 7.16.